The maximum absolute atomic E-state index is 12.8. The van der Waals surface area contributed by atoms with Gasteiger partial charge in [0.1, 0.15) is 5.82 Å². The van der Waals surface area contributed by atoms with Gasteiger partial charge in [-0.1, -0.05) is 25.7 Å². The van der Waals surface area contributed by atoms with E-state index in [1.807, 2.05) is 0 Å². The molecule has 1 saturated carbocycles. The van der Waals surface area contributed by atoms with Gasteiger partial charge in [-0.15, -0.1) is 0 Å². The van der Waals surface area contributed by atoms with E-state index in [0.29, 0.717) is 18.4 Å². The van der Waals surface area contributed by atoms with Crippen molar-refractivity contribution in [3.8, 4) is 0 Å². The van der Waals surface area contributed by atoms with Gasteiger partial charge in [-0.3, -0.25) is 9.59 Å². The van der Waals surface area contributed by atoms with Crippen LogP contribution in [0.25, 0.3) is 0 Å². The van der Waals surface area contributed by atoms with Crippen molar-refractivity contribution in [1.82, 2.24) is 5.32 Å². The predicted octanol–water partition coefficient (Wildman–Crippen LogP) is 2.99. The van der Waals surface area contributed by atoms with Gasteiger partial charge in [-0.2, -0.15) is 0 Å². The number of hydrogen-bond acceptors (Lipinski definition) is 3. The highest BCUT2D eigenvalue weighted by Gasteiger charge is 2.28. The van der Waals surface area contributed by atoms with Crippen LogP contribution in [0.5, 0.6) is 0 Å². The Hall–Kier alpha value is -1.75. The zero-order chi connectivity index (χ0) is 16.7. The molecule has 1 aliphatic rings. The summed E-state index contributed by atoms with van der Waals surface area (Å²) in [6, 6.07) is 5.30. The molecule has 4 nitrogen and oxygen atoms in total. The summed E-state index contributed by atoms with van der Waals surface area (Å²) < 4.78 is 12.8. The van der Waals surface area contributed by atoms with Gasteiger partial charge in [0.25, 0.3) is 0 Å². The summed E-state index contributed by atoms with van der Waals surface area (Å²) in [6.07, 6.45) is 5.79. The Morgan fingerprint density at radius 3 is 2.26 bits per heavy atom. The Balaban J connectivity index is 1.74. The SMILES string of the molecule is O=C(CCC(=O)c1ccc(F)cc1)NCC1(O)CCCCCC1. The lowest BCUT2D eigenvalue weighted by molar-refractivity contribution is -0.122. The number of rotatable bonds is 6. The molecule has 126 valence electrons. The van der Waals surface area contributed by atoms with Gasteiger partial charge in [-0.05, 0) is 37.1 Å². The summed E-state index contributed by atoms with van der Waals surface area (Å²) in [4.78, 5) is 23.8. The lowest BCUT2D eigenvalue weighted by atomic mass is 9.94. The first-order valence-corrected chi connectivity index (χ1v) is 8.26. The summed E-state index contributed by atoms with van der Waals surface area (Å²) in [7, 11) is 0. The van der Waals surface area contributed by atoms with Crippen molar-refractivity contribution >= 4 is 11.7 Å². The molecule has 0 aliphatic heterocycles. The van der Waals surface area contributed by atoms with E-state index in [1.165, 1.54) is 24.3 Å². The highest BCUT2D eigenvalue weighted by Crippen LogP contribution is 2.26. The minimum atomic E-state index is -0.812. The average Bonchev–Trinajstić information content (AvgIpc) is 2.76. The number of ketones is 1. The molecule has 1 aromatic rings. The van der Waals surface area contributed by atoms with E-state index < -0.39 is 11.4 Å². The van der Waals surface area contributed by atoms with Crippen molar-refractivity contribution < 1.29 is 19.1 Å². The topological polar surface area (TPSA) is 66.4 Å². The highest BCUT2D eigenvalue weighted by molar-refractivity contribution is 5.97. The van der Waals surface area contributed by atoms with Crippen LogP contribution in [0.15, 0.2) is 24.3 Å². The standard InChI is InChI=1S/C18H24FNO3/c19-15-7-5-14(6-8-15)16(21)9-10-17(22)20-13-18(23)11-3-1-2-4-12-18/h5-8,23H,1-4,9-13H2,(H,20,22). The first-order valence-electron chi connectivity index (χ1n) is 8.26. The molecule has 0 radical (unpaired) electrons. The second kappa shape index (κ2) is 8.20. The third-order valence-electron chi connectivity index (χ3n) is 4.39. The molecule has 2 rings (SSSR count). The Morgan fingerprint density at radius 1 is 1.04 bits per heavy atom. The fourth-order valence-electron chi connectivity index (χ4n) is 2.92. The maximum atomic E-state index is 12.8. The third kappa shape index (κ3) is 5.75. The van der Waals surface area contributed by atoms with Gasteiger partial charge < -0.3 is 10.4 Å². The number of hydrogen-bond donors (Lipinski definition) is 2. The quantitative estimate of drug-likeness (QED) is 0.625. The summed E-state index contributed by atoms with van der Waals surface area (Å²) in [5.41, 5.74) is -0.408. The van der Waals surface area contributed by atoms with Crippen molar-refractivity contribution in [1.29, 1.82) is 0 Å². The lowest BCUT2D eigenvalue weighted by Gasteiger charge is -2.26. The van der Waals surface area contributed by atoms with E-state index in [0.717, 1.165) is 25.7 Å². The average molecular weight is 321 g/mol. The number of benzene rings is 1. The third-order valence-corrected chi connectivity index (χ3v) is 4.39. The molecular formula is C18H24FNO3. The Morgan fingerprint density at radius 2 is 1.65 bits per heavy atom. The van der Waals surface area contributed by atoms with E-state index in [9.17, 15) is 19.1 Å². The highest BCUT2D eigenvalue weighted by atomic mass is 19.1. The number of aliphatic hydroxyl groups is 1. The van der Waals surface area contributed by atoms with E-state index in [1.54, 1.807) is 0 Å². The molecule has 23 heavy (non-hydrogen) atoms. The molecule has 1 aliphatic carbocycles. The second-order valence-electron chi connectivity index (χ2n) is 6.35. The zero-order valence-corrected chi connectivity index (χ0v) is 13.3. The Kier molecular flexibility index (Phi) is 6.28. The van der Waals surface area contributed by atoms with E-state index >= 15 is 0 Å². The van der Waals surface area contributed by atoms with Gasteiger partial charge in [0.15, 0.2) is 5.78 Å². The summed E-state index contributed by atoms with van der Waals surface area (Å²) >= 11 is 0. The number of halogens is 1. The monoisotopic (exact) mass is 321 g/mol. The van der Waals surface area contributed by atoms with Crippen LogP contribution in [0.3, 0.4) is 0 Å². The van der Waals surface area contributed by atoms with Crippen LogP contribution in [-0.2, 0) is 4.79 Å². The predicted molar refractivity (Wildman–Crippen MR) is 85.6 cm³/mol. The van der Waals surface area contributed by atoms with Crippen LogP contribution in [-0.4, -0.2) is 28.9 Å². The number of nitrogens with one attached hydrogen (secondary N) is 1. The molecule has 0 bridgehead atoms. The van der Waals surface area contributed by atoms with Crippen LogP contribution in [0.2, 0.25) is 0 Å². The number of carbonyl (C=O) groups excluding carboxylic acids is 2. The molecule has 0 atom stereocenters. The van der Waals surface area contributed by atoms with Crippen LogP contribution in [0.4, 0.5) is 4.39 Å². The molecule has 0 unspecified atom stereocenters. The first kappa shape index (κ1) is 17.6. The Bertz CT molecular complexity index is 534. The fraction of sp³-hybridized carbons (Fsp3) is 0.556. The smallest absolute Gasteiger partial charge is 0.220 e. The van der Waals surface area contributed by atoms with Crippen molar-refractivity contribution in [2.24, 2.45) is 0 Å². The van der Waals surface area contributed by atoms with Crippen LogP contribution in [0.1, 0.15) is 61.7 Å². The second-order valence-corrected chi connectivity index (χ2v) is 6.35. The van der Waals surface area contributed by atoms with Crippen LogP contribution < -0.4 is 5.32 Å². The maximum Gasteiger partial charge on any atom is 0.220 e. The van der Waals surface area contributed by atoms with Crippen molar-refractivity contribution in [2.75, 3.05) is 6.54 Å². The largest absolute Gasteiger partial charge is 0.388 e. The first-order chi connectivity index (χ1) is 11.0. The molecule has 0 spiro atoms. The molecule has 1 aromatic carbocycles. The molecular weight excluding hydrogens is 297 g/mol. The molecule has 1 amide bonds. The van der Waals surface area contributed by atoms with Gasteiger partial charge in [0.2, 0.25) is 5.91 Å². The fourth-order valence-corrected chi connectivity index (χ4v) is 2.92. The van der Waals surface area contributed by atoms with Gasteiger partial charge in [0, 0.05) is 24.9 Å². The normalized spacial score (nSPS) is 17.3. The number of carbonyl (C=O) groups is 2. The van der Waals surface area contributed by atoms with Crippen molar-refractivity contribution in [2.45, 2.75) is 57.0 Å². The van der Waals surface area contributed by atoms with Gasteiger partial charge in [0.05, 0.1) is 5.60 Å². The zero-order valence-electron chi connectivity index (χ0n) is 13.3. The lowest BCUT2D eigenvalue weighted by Crippen LogP contribution is -2.42. The minimum absolute atomic E-state index is 0.0757. The van der Waals surface area contributed by atoms with E-state index in [2.05, 4.69) is 5.32 Å². The summed E-state index contributed by atoms with van der Waals surface area (Å²) in [6.45, 7) is 0.247. The summed E-state index contributed by atoms with van der Waals surface area (Å²) in [5.74, 6) is -0.817. The van der Waals surface area contributed by atoms with Gasteiger partial charge >= 0.3 is 0 Å². The number of Topliss-reactive ketones (excluding diaryl/α,β-unsaturated/α-hetero) is 1. The van der Waals surface area contributed by atoms with E-state index in [4.69, 9.17) is 0 Å². The van der Waals surface area contributed by atoms with Crippen molar-refractivity contribution in [3.63, 3.8) is 0 Å². The van der Waals surface area contributed by atoms with Crippen LogP contribution >= 0.6 is 0 Å². The molecule has 1 fully saturated rings. The molecule has 0 saturated heterocycles. The molecule has 5 heteroatoms. The number of amides is 1. The molecule has 2 N–H and O–H groups in total. The van der Waals surface area contributed by atoms with E-state index in [-0.39, 0.29) is 31.1 Å². The summed E-state index contributed by atoms with van der Waals surface area (Å²) in [5, 5.41) is 13.2. The Labute approximate surface area is 136 Å². The minimum Gasteiger partial charge on any atom is -0.388 e. The van der Waals surface area contributed by atoms with Crippen molar-refractivity contribution in [3.05, 3.63) is 35.6 Å². The van der Waals surface area contributed by atoms with Crippen LogP contribution in [0, 0.1) is 5.82 Å². The molecule has 0 aromatic heterocycles. The molecule has 0 heterocycles. The van der Waals surface area contributed by atoms with Gasteiger partial charge in [-0.25, -0.2) is 4.39 Å².